The first-order valence-electron chi connectivity index (χ1n) is 8.09. The van der Waals surface area contributed by atoms with Crippen LogP contribution in [0.4, 0.5) is 0 Å². The van der Waals surface area contributed by atoms with Crippen LogP contribution in [0.25, 0.3) is 32.7 Å². The van der Waals surface area contributed by atoms with Crippen LogP contribution in [-0.2, 0) is 0 Å². The van der Waals surface area contributed by atoms with Crippen molar-refractivity contribution in [1.29, 1.82) is 0 Å². The molecule has 0 saturated heterocycles. The normalized spacial score (nSPS) is 10.8. The van der Waals surface area contributed by atoms with Gasteiger partial charge in [0.1, 0.15) is 0 Å². The second-order valence-corrected chi connectivity index (χ2v) is 6.08. The van der Waals surface area contributed by atoms with Crippen molar-refractivity contribution in [3.8, 4) is 0 Å². The standard InChI is InChI=1S/C24H18/c1-17(21-13-11-19-7-3-5-9-23(19)15-21)18(2)22-14-12-20-8-4-6-10-24(20)16-22/h3-16H,1-2H2. The smallest absolute Gasteiger partial charge is 0.0178 e. The van der Waals surface area contributed by atoms with E-state index in [9.17, 15) is 0 Å². The van der Waals surface area contributed by atoms with Gasteiger partial charge < -0.3 is 0 Å². The molecule has 0 aliphatic heterocycles. The van der Waals surface area contributed by atoms with E-state index in [1.54, 1.807) is 0 Å². The first kappa shape index (κ1) is 14.5. The fraction of sp³-hybridized carbons (Fsp3) is 0. The van der Waals surface area contributed by atoms with Gasteiger partial charge in [-0.1, -0.05) is 86.0 Å². The second-order valence-electron chi connectivity index (χ2n) is 6.08. The maximum Gasteiger partial charge on any atom is -0.0178 e. The lowest BCUT2D eigenvalue weighted by Gasteiger charge is -2.12. The summed E-state index contributed by atoms with van der Waals surface area (Å²) in [6.45, 7) is 8.58. The van der Waals surface area contributed by atoms with Crippen LogP contribution in [0.5, 0.6) is 0 Å². The Hall–Kier alpha value is -3.12. The molecule has 0 heteroatoms. The summed E-state index contributed by atoms with van der Waals surface area (Å²) in [6.07, 6.45) is 0. The number of allylic oxidation sites excluding steroid dienone is 2. The molecule has 0 N–H and O–H groups in total. The number of rotatable bonds is 3. The third-order valence-electron chi connectivity index (χ3n) is 4.56. The number of hydrogen-bond acceptors (Lipinski definition) is 0. The minimum Gasteiger partial charge on any atom is -0.0906 e. The SMILES string of the molecule is C=C(C(=C)c1ccc2ccccc2c1)c1ccc2ccccc2c1. The zero-order valence-electron chi connectivity index (χ0n) is 13.5. The summed E-state index contributed by atoms with van der Waals surface area (Å²) in [5.41, 5.74) is 4.17. The third-order valence-corrected chi connectivity index (χ3v) is 4.56. The molecule has 0 nitrogen and oxygen atoms in total. The zero-order valence-corrected chi connectivity index (χ0v) is 13.5. The van der Waals surface area contributed by atoms with E-state index < -0.39 is 0 Å². The minimum absolute atomic E-state index is 0.969. The van der Waals surface area contributed by atoms with E-state index in [0.717, 1.165) is 22.3 Å². The summed E-state index contributed by atoms with van der Waals surface area (Å²) in [5, 5.41) is 4.93. The van der Waals surface area contributed by atoms with Gasteiger partial charge in [0.15, 0.2) is 0 Å². The van der Waals surface area contributed by atoms with E-state index >= 15 is 0 Å². The van der Waals surface area contributed by atoms with Gasteiger partial charge in [0.2, 0.25) is 0 Å². The third kappa shape index (κ3) is 2.53. The largest absolute Gasteiger partial charge is 0.0906 e. The molecule has 4 rings (SSSR count). The average Bonchev–Trinajstić information content (AvgIpc) is 2.66. The highest BCUT2D eigenvalue weighted by molar-refractivity contribution is 6.05. The first-order valence-corrected chi connectivity index (χ1v) is 8.09. The van der Waals surface area contributed by atoms with Crippen LogP contribution in [-0.4, -0.2) is 0 Å². The molecule has 24 heavy (non-hydrogen) atoms. The van der Waals surface area contributed by atoms with Gasteiger partial charge in [-0.15, -0.1) is 0 Å². The molecule has 4 aromatic carbocycles. The van der Waals surface area contributed by atoms with Crippen LogP contribution in [0.3, 0.4) is 0 Å². The molecule has 0 fully saturated rings. The molecule has 0 radical (unpaired) electrons. The van der Waals surface area contributed by atoms with Crippen molar-refractivity contribution >= 4 is 32.7 Å². The molecule has 0 heterocycles. The van der Waals surface area contributed by atoms with Gasteiger partial charge in [-0.3, -0.25) is 0 Å². The van der Waals surface area contributed by atoms with Crippen molar-refractivity contribution in [3.63, 3.8) is 0 Å². The van der Waals surface area contributed by atoms with Gasteiger partial charge in [-0.25, -0.2) is 0 Å². The van der Waals surface area contributed by atoms with Gasteiger partial charge in [0, 0.05) is 0 Å². The molecular weight excluding hydrogens is 288 g/mol. The molecule has 0 aliphatic rings. The molecular formula is C24H18. The highest BCUT2D eigenvalue weighted by Crippen LogP contribution is 2.31. The fourth-order valence-electron chi connectivity index (χ4n) is 3.10. The Bertz CT molecular complexity index is 994. The summed E-state index contributed by atoms with van der Waals surface area (Å²) in [7, 11) is 0. The molecule has 114 valence electrons. The van der Waals surface area contributed by atoms with Gasteiger partial charge in [0.05, 0.1) is 0 Å². The first-order chi connectivity index (χ1) is 11.7. The molecule has 0 bridgehead atoms. The van der Waals surface area contributed by atoms with Gasteiger partial charge in [0.25, 0.3) is 0 Å². The maximum atomic E-state index is 4.29. The van der Waals surface area contributed by atoms with Gasteiger partial charge in [-0.05, 0) is 56.0 Å². The number of fused-ring (bicyclic) bond motifs is 2. The van der Waals surface area contributed by atoms with Crippen molar-refractivity contribution < 1.29 is 0 Å². The highest BCUT2D eigenvalue weighted by atomic mass is 14.1. The van der Waals surface area contributed by atoms with E-state index in [4.69, 9.17) is 0 Å². The summed E-state index contributed by atoms with van der Waals surface area (Å²) in [5.74, 6) is 0. The predicted molar refractivity (Wildman–Crippen MR) is 106 cm³/mol. The topological polar surface area (TPSA) is 0 Å². The van der Waals surface area contributed by atoms with Crippen molar-refractivity contribution in [2.45, 2.75) is 0 Å². The quantitative estimate of drug-likeness (QED) is 0.368. The lowest BCUT2D eigenvalue weighted by molar-refractivity contribution is 1.64. The van der Waals surface area contributed by atoms with Crippen molar-refractivity contribution in [1.82, 2.24) is 0 Å². The number of benzene rings is 4. The van der Waals surface area contributed by atoms with E-state index in [1.165, 1.54) is 21.5 Å². The molecule has 0 aromatic heterocycles. The summed E-state index contributed by atoms with van der Waals surface area (Å²) < 4.78 is 0. The molecule has 0 amide bonds. The molecule has 0 aliphatic carbocycles. The Labute approximate surface area is 142 Å². The second kappa shape index (κ2) is 5.82. The Morgan fingerprint density at radius 2 is 0.833 bits per heavy atom. The van der Waals surface area contributed by atoms with Crippen molar-refractivity contribution in [3.05, 3.63) is 109 Å². The molecule has 0 atom stereocenters. The molecule has 0 unspecified atom stereocenters. The molecule has 0 saturated carbocycles. The Balaban J connectivity index is 1.72. The molecule has 4 aromatic rings. The fourth-order valence-corrected chi connectivity index (χ4v) is 3.10. The summed E-state index contributed by atoms with van der Waals surface area (Å²) in [6, 6.07) is 29.7. The van der Waals surface area contributed by atoms with E-state index in [-0.39, 0.29) is 0 Å². The predicted octanol–water partition coefficient (Wildman–Crippen LogP) is 6.72. The summed E-state index contributed by atoms with van der Waals surface area (Å²) in [4.78, 5) is 0. The zero-order chi connectivity index (χ0) is 16.5. The monoisotopic (exact) mass is 306 g/mol. The van der Waals surface area contributed by atoms with E-state index in [1.807, 2.05) is 0 Å². The maximum absolute atomic E-state index is 4.29. The summed E-state index contributed by atoms with van der Waals surface area (Å²) >= 11 is 0. The van der Waals surface area contributed by atoms with Crippen molar-refractivity contribution in [2.75, 3.05) is 0 Å². The minimum atomic E-state index is 0.969. The lowest BCUT2D eigenvalue weighted by atomic mass is 9.92. The average molecular weight is 306 g/mol. The van der Waals surface area contributed by atoms with Crippen LogP contribution in [0.15, 0.2) is 98.1 Å². The van der Waals surface area contributed by atoms with Crippen LogP contribution in [0.2, 0.25) is 0 Å². The van der Waals surface area contributed by atoms with Gasteiger partial charge >= 0.3 is 0 Å². The Morgan fingerprint density at radius 1 is 0.458 bits per heavy atom. The number of hydrogen-bond donors (Lipinski definition) is 0. The highest BCUT2D eigenvalue weighted by Gasteiger charge is 2.08. The Morgan fingerprint density at radius 3 is 1.25 bits per heavy atom. The molecule has 0 spiro atoms. The lowest BCUT2D eigenvalue weighted by Crippen LogP contribution is -1.89. The van der Waals surface area contributed by atoms with Crippen LogP contribution < -0.4 is 0 Å². The van der Waals surface area contributed by atoms with Crippen LogP contribution in [0, 0.1) is 0 Å². The van der Waals surface area contributed by atoms with E-state index in [0.29, 0.717) is 0 Å². The van der Waals surface area contributed by atoms with E-state index in [2.05, 4.69) is 98.1 Å². The van der Waals surface area contributed by atoms with Crippen LogP contribution in [0.1, 0.15) is 11.1 Å². The van der Waals surface area contributed by atoms with Crippen LogP contribution >= 0.6 is 0 Å². The van der Waals surface area contributed by atoms with Gasteiger partial charge in [-0.2, -0.15) is 0 Å². The Kier molecular flexibility index (Phi) is 3.51. The van der Waals surface area contributed by atoms with Crippen molar-refractivity contribution in [2.24, 2.45) is 0 Å².